The van der Waals surface area contributed by atoms with Crippen molar-refractivity contribution in [2.75, 3.05) is 13.2 Å². The number of carbonyl (C=O) groups is 2. The van der Waals surface area contributed by atoms with Crippen LogP contribution in [0.5, 0.6) is 0 Å². The number of carboxylic acids is 1. The number of aliphatic hydroxyl groups is 1. The van der Waals surface area contributed by atoms with Crippen LogP contribution >= 0.6 is 12.4 Å². The van der Waals surface area contributed by atoms with E-state index in [9.17, 15) is 28.6 Å². The van der Waals surface area contributed by atoms with Crippen molar-refractivity contribution in [3.63, 3.8) is 0 Å². The number of benzene rings is 2. The van der Waals surface area contributed by atoms with Crippen LogP contribution in [0, 0.1) is 17.0 Å². The molecule has 7 nitrogen and oxygen atoms in total. The van der Waals surface area contributed by atoms with Crippen LogP contribution in [0.15, 0.2) is 60.8 Å². The molecule has 1 heterocycles. The number of carbonyl (C=O) groups excluding carboxylic acids is 1. The van der Waals surface area contributed by atoms with E-state index in [0.717, 1.165) is 23.8 Å². The van der Waals surface area contributed by atoms with E-state index in [-0.39, 0.29) is 30.9 Å². The second kappa shape index (κ2) is 13.0. The standard InChI is InChI=1S/C28H33F2N3O4.ClH/c1-28(2,3)26(33(25(35)17-34)12-11-23(31)27(36)37)24-13-19(21-14-20(29)9-10-22(21)30)16-32(24)15-18-7-5-4-6-8-18;/h4-10,13-14,16,23,26,34H,11-12,15,17,31H2,1-3H3,(H,36,37);1H/t23-,26-;/m0./s1. The summed E-state index contributed by atoms with van der Waals surface area (Å²) in [4.78, 5) is 25.7. The summed E-state index contributed by atoms with van der Waals surface area (Å²) in [5.74, 6) is -2.96. The van der Waals surface area contributed by atoms with Gasteiger partial charge < -0.3 is 25.4 Å². The molecule has 0 aliphatic carbocycles. The van der Waals surface area contributed by atoms with Gasteiger partial charge in [-0.15, -0.1) is 12.4 Å². The van der Waals surface area contributed by atoms with Crippen molar-refractivity contribution >= 4 is 24.3 Å². The third-order valence-electron chi connectivity index (χ3n) is 6.23. The van der Waals surface area contributed by atoms with Gasteiger partial charge in [-0.2, -0.15) is 0 Å². The number of halogens is 3. The number of aliphatic carboxylic acids is 1. The lowest BCUT2D eigenvalue weighted by Crippen LogP contribution is -2.46. The van der Waals surface area contributed by atoms with Gasteiger partial charge in [0, 0.05) is 36.1 Å². The SMILES string of the molecule is CC(C)(C)[C@H](c1cc(-c2cc(F)ccc2F)cn1Cc1ccccc1)N(CC[C@H](N)C(=O)O)C(=O)CO.Cl. The number of carboxylic acid groups (broad SMARTS) is 1. The van der Waals surface area contributed by atoms with E-state index in [1.165, 1.54) is 4.90 Å². The normalized spacial score (nSPS) is 12.9. The summed E-state index contributed by atoms with van der Waals surface area (Å²) in [5.41, 5.74) is 7.20. The van der Waals surface area contributed by atoms with Crippen molar-refractivity contribution in [2.24, 2.45) is 11.1 Å². The molecule has 1 aromatic heterocycles. The molecule has 0 fully saturated rings. The quantitative estimate of drug-likeness (QED) is 0.342. The third kappa shape index (κ3) is 7.40. The van der Waals surface area contributed by atoms with Crippen LogP contribution in [0.4, 0.5) is 8.78 Å². The Morgan fingerprint density at radius 3 is 2.32 bits per heavy atom. The third-order valence-corrected chi connectivity index (χ3v) is 6.23. The van der Waals surface area contributed by atoms with Crippen LogP contribution in [-0.2, 0) is 16.1 Å². The van der Waals surface area contributed by atoms with E-state index in [1.807, 2.05) is 55.7 Å². The van der Waals surface area contributed by atoms with Crippen molar-refractivity contribution in [1.29, 1.82) is 0 Å². The zero-order valence-corrected chi connectivity index (χ0v) is 22.4. The maximum Gasteiger partial charge on any atom is 0.320 e. The molecule has 0 aliphatic heterocycles. The lowest BCUT2D eigenvalue weighted by atomic mass is 9.82. The first-order valence-electron chi connectivity index (χ1n) is 12.0. The Labute approximate surface area is 227 Å². The summed E-state index contributed by atoms with van der Waals surface area (Å²) < 4.78 is 30.7. The topological polar surface area (TPSA) is 109 Å². The molecule has 3 rings (SSSR count). The van der Waals surface area contributed by atoms with Crippen LogP contribution in [0.1, 0.15) is 44.5 Å². The largest absolute Gasteiger partial charge is 0.480 e. The number of rotatable bonds is 10. The molecule has 206 valence electrons. The second-order valence-corrected chi connectivity index (χ2v) is 10.1. The minimum atomic E-state index is -1.19. The average Bonchev–Trinajstić information content (AvgIpc) is 3.24. The molecular weight excluding hydrogens is 516 g/mol. The van der Waals surface area contributed by atoms with Gasteiger partial charge in [-0.05, 0) is 41.7 Å². The van der Waals surface area contributed by atoms with E-state index in [2.05, 4.69) is 0 Å². The van der Waals surface area contributed by atoms with Crippen LogP contribution in [0.3, 0.4) is 0 Å². The summed E-state index contributed by atoms with van der Waals surface area (Å²) in [7, 11) is 0. The van der Waals surface area contributed by atoms with E-state index in [1.54, 1.807) is 12.3 Å². The van der Waals surface area contributed by atoms with Crippen molar-refractivity contribution in [3.05, 3.63) is 83.7 Å². The zero-order chi connectivity index (χ0) is 27.3. The Bertz CT molecular complexity index is 1240. The van der Waals surface area contributed by atoms with Crippen LogP contribution < -0.4 is 5.73 Å². The molecule has 0 spiro atoms. The highest BCUT2D eigenvalue weighted by Gasteiger charge is 2.37. The van der Waals surface area contributed by atoms with Gasteiger partial charge in [0.05, 0.1) is 6.04 Å². The summed E-state index contributed by atoms with van der Waals surface area (Å²) in [6, 6.07) is 12.6. The molecule has 0 unspecified atom stereocenters. The minimum absolute atomic E-state index is 0. The van der Waals surface area contributed by atoms with Crippen molar-refractivity contribution in [2.45, 2.75) is 45.8 Å². The molecule has 0 bridgehead atoms. The summed E-state index contributed by atoms with van der Waals surface area (Å²) in [5, 5.41) is 19.0. The molecule has 3 aromatic rings. The molecular formula is C28H34ClF2N3O4. The van der Waals surface area contributed by atoms with Gasteiger partial charge in [-0.25, -0.2) is 8.78 Å². The number of amides is 1. The highest BCUT2D eigenvalue weighted by molar-refractivity contribution is 5.85. The Morgan fingerprint density at radius 2 is 1.74 bits per heavy atom. The summed E-state index contributed by atoms with van der Waals surface area (Å²) in [6.07, 6.45) is 1.68. The van der Waals surface area contributed by atoms with Gasteiger partial charge in [0.25, 0.3) is 0 Å². The van der Waals surface area contributed by atoms with Gasteiger partial charge in [-0.1, -0.05) is 51.1 Å². The first-order chi connectivity index (χ1) is 17.4. The molecule has 2 atom stereocenters. The van der Waals surface area contributed by atoms with Crippen LogP contribution in [0.2, 0.25) is 0 Å². The van der Waals surface area contributed by atoms with E-state index < -0.39 is 47.6 Å². The maximum atomic E-state index is 14.7. The monoisotopic (exact) mass is 549 g/mol. The van der Waals surface area contributed by atoms with Gasteiger partial charge in [0.15, 0.2) is 0 Å². The molecule has 10 heteroatoms. The Balaban J connectivity index is 0.00000507. The first-order valence-corrected chi connectivity index (χ1v) is 12.0. The minimum Gasteiger partial charge on any atom is -0.480 e. The fraction of sp³-hybridized carbons (Fsp3) is 0.357. The lowest BCUT2D eigenvalue weighted by molar-refractivity contribution is -0.142. The van der Waals surface area contributed by atoms with E-state index in [0.29, 0.717) is 17.8 Å². The first kappa shape index (κ1) is 31.0. The fourth-order valence-electron chi connectivity index (χ4n) is 4.50. The zero-order valence-electron chi connectivity index (χ0n) is 21.6. The maximum absolute atomic E-state index is 14.7. The number of nitrogens with zero attached hydrogens (tertiary/aromatic N) is 2. The molecule has 0 aliphatic rings. The summed E-state index contributed by atoms with van der Waals surface area (Å²) in [6.45, 7) is 5.32. The fourth-order valence-corrected chi connectivity index (χ4v) is 4.50. The van der Waals surface area contributed by atoms with Gasteiger partial charge in [-0.3, -0.25) is 9.59 Å². The number of aliphatic hydroxyl groups excluding tert-OH is 1. The second-order valence-electron chi connectivity index (χ2n) is 10.1. The summed E-state index contributed by atoms with van der Waals surface area (Å²) >= 11 is 0. The lowest BCUT2D eigenvalue weighted by Gasteiger charge is -2.41. The molecule has 4 N–H and O–H groups in total. The van der Waals surface area contributed by atoms with E-state index in [4.69, 9.17) is 5.73 Å². The molecule has 0 radical (unpaired) electrons. The average molecular weight is 550 g/mol. The Kier molecular flexibility index (Phi) is 10.6. The van der Waals surface area contributed by atoms with Crippen molar-refractivity contribution in [1.82, 2.24) is 9.47 Å². The predicted molar refractivity (Wildman–Crippen MR) is 144 cm³/mol. The highest BCUT2D eigenvalue weighted by atomic mass is 35.5. The van der Waals surface area contributed by atoms with Gasteiger partial charge >= 0.3 is 5.97 Å². The molecule has 0 saturated carbocycles. The molecule has 2 aromatic carbocycles. The van der Waals surface area contributed by atoms with Crippen molar-refractivity contribution < 1.29 is 28.6 Å². The molecule has 1 amide bonds. The van der Waals surface area contributed by atoms with Gasteiger partial charge in [0.2, 0.25) is 5.91 Å². The molecule has 38 heavy (non-hydrogen) atoms. The number of hydrogen-bond donors (Lipinski definition) is 3. The smallest absolute Gasteiger partial charge is 0.320 e. The molecule has 0 saturated heterocycles. The van der Waals surface area contributed by atoms with Crippen LogP contribution in [-0.4, -0.2) is 50.8 Å². The number of hydrogen-bond acceptors (Lipinski definition) is 4. The Hall–Kier alpha value is -3.27. The van der Waals surface area contributed by atoms with Crippen LogP contribution in [0.25, 0.3) is 11.1 Å². The number of nitrogens with two attached hydrogens (primary N) is 1. The van der Waals surface area contributed by atoms with Crippen molar-refractivity contribution in [3.8, 4) is 11.1 Å². The predicted octanol–water partition coefficient (Wildman–Crippen LogP) is 4.61. The number of aromatic nitrogens is 1. The van der Waals surface area contributed by atoms with E-state index >= 15 is 0 Å². The Morgan fingerprint density at radius 1 is 1.08 bits per heavy atom. The van der Waals surface area contributed by atoms with Gasteiger partial charge in [0.1, 0.15) is 24.3 Å². The highest BCUT2D eigenvalue weighted by Crippen LogP contribution is 2.41.